The Hall–Kier alpha value is -1.19. The first-order valence-corrected chi connectivity index (χ1v) is 8.63. The number of nitrogens with one attached hydrogen (secondary N) is 1. The van der Waals surface area contributed by atoms with Crippen molar-refractivity contribution < 1.29 is 23.1 Å². The number of halogens is 3. The molecule has 1 saturated carbocycles. The Bertz CT molecular complexity index is 589. The van der Waals surface area contributed by atoms with Crippen molar-refractivity contribution in [1.82, 2.24) is 15.2 Å². The molecule has 2 unspecified atom stereocenters. The smallest absolute Gasteiger partial charge is 0.374 e. The van der Waals surface area contributed by atoms with E-state index in [1.54, 1.807) is 0 Å². The van der Waals surface area contributed by atoms with Crippen LogP contribution < -0.4 is 5.32 Å². The van der Waals surface area contributed by atoms with Crippen LogP contribution >= 0.6 is 11.3 Å². The zero-order valence-electron chi connectivity index (χ0n) is 13.9. The van der Waals surface area contributed by atoms with Gasteiger partial charge in [-0.15, -0.1) is 11.3 Å². The van der Waals surface area contributed by atoms with E-state index >= 15 is 0 Å². The lowest BCUT2D eigenvalue weighted by molar-refractivity contribution is -0.267. The first-order valence-electron chi connectivity index (χ1n) is 7.75. The minimum absolute atomic E-state index is 0.0162. The molecular formula is C15H22F3N3O2S. The Morgan fingerprint density at radius 2 is 2.17 bits per heavy atom. The summed E-state index contributed by atoms with van der Waals surface area (Å²) in [4.78, 5) is 17.8. The van der Waals surface area contributed by atoms with Crippen molar-refractivity contribution in [2.75, 3.05) is 13.6 Å². The summed E-state index contributed by atoms with van der Waals surface area (Å²) >= 11 is 0.697. The third-order valence-corrected chi connectivity index (χ3v) is 5.38. The van der Waals surface area contributed by atoms with Gasteiger partial charge < -0.3 is 10.4 Å². The van der Waals surface area contributed by atoms with Crippen LogP contribution in [0.4, 0.5) is 13.2 Å². The standard InChI is InChI=1S/C15H22F3N3O2S/c1-9-8-24-13(20-9)14(23,15(16,17)18)6-12(22)19-7-10(2)21(3)11-4-5-11/h8,10-11,23H,4-7H2,1-3H3,(H,19,22). The van der Waals surface area contributed by atoms with Crippen LogP contribution in [0.25, 0.3) is 0 Å². The number of amides is 1. The Morgan fingerprint density at radius 3 is 2.62 bits per heavy atom. The molecule has 2 atom stereocenters. The molecule has 2 N–H and O–H groups in total. The second kappa shape index (κ2) is 6.97. The molecule has 0 aromatic carbocycles. The van der Waals surface area contributed by atoms with Gasteiger partial charge in [-0.1, -0.05) is 0 Å². The molecule has 5 nitrogen and oxygen atoms in total. The summed E-state index contributed by atoms with van der Waals surface area (Å²) in [5.41, 5.74) is -2.89. The number of aryl methyl sites for hydroxylation is 1. The van der Waals surface area contributed by atoms with Crippen LogP contribution in [0.3, 0.4) is 0 Å². The number of aliphatic hydroxyl groups is 1. The number of alkyl halides is 3. The topological polar surface area (TPSA) is 65.5 Å². The van der Waals surface area contributed by atoms with Gasteiger partial charge in [0, 0.05) is 29.7 Å². The minimum Gasteiger partial charge on any atom is -0.374 e. The van der Waals surface area contributed by atoms with E-state index in [4.69, 9.17) is 0 Å². The zero-order chi connectivity index (χ0) is 18.1. The molecule has 1 fully saturated rings. The fourth-order valence-electron chi connectivity index (χ4n) is 2.38. The normalized spacial score (nSPS) is 19.2. The van der Waals surface area contributed by atoms with E-state index in [2.05, 4.69) is 15.2 Å². The fraction of sp³-hybridized carbons (Fsp3) is 0.733. The predicted molar refractivity (Wildman–Crippen MR) is 84.7 cm³/mol. The summed E-state index contributed by atoms with van der Waals surface area (Å²) in [5, 5.41) is 13.5. The highest BCUT2D eigenvalue weighted by Gasteiger charge is 2.58. The molecule has 1 aromatic rings. The van der Waals surface area contributed by atoms with Gasteiger partial charge in [-0.2, -0.15) is 13.2 Å². The van der Waals surface area contributed by atoms with Crippen molar-refractivity contribution in [1.29, 1.82) is 0 Å². The average Bonchev–Trinajstić information content (AvgIpc) is 3.24. The third-order valence-electron chi connectivity index (χ3n) is 4.27. The number of aromatic nitrogens is 1. The minimum atomic E-state index is -4.98. The number of nitrogens with zero attached hydrogens (tertiary/aromatic N) is 2. The van der Waals surface area contributed by atoms with E-state index in [-0.39, 0.29) is 12.6 Å². The van der Waals surface area contributed by atoms with Crippen molar-refractivity contribution >= 4 is 17.2 Å². The number of likely N-dealkylation sites (N-methyl/N-ethyl adjacent to an activating group) is 1. The van der Waals surface area contributed by atoms with Crippen molar-refractivity contribution in [3.8, 4) is 0 Å². The highest BCUT2D eigenvalue weighted by Crippen LogP contribution is 2.42. The van der Waals surface area contributed by atoms with E-state index in [9.17, 15) is 23.1 Å². The first kappa shape index (κ1) is 19.1. The van der Waals surface area contributed by atoms with Crippen molar-refractivity contribution in [3.63, 3.8) is 0 Å². The molecule has 0 aliphatic heterocycles. The molecule has 2 rings (SSSR count). The number of carbonyl (C=O) groups excluding carboxylic acids is 1. The van der Waals surface area contributed by atoms with Gasteiger partial charge in [0.2, 0.25) is 11.5 Å². The van der Waals surface area contributed by atoms with Gasteiger partial charge in [0.15, 0.2) is 0 Å². The molecule has 1 aliphatic carbocycles. The molecule has 1 amide bonds. The molecule has 9 heteroatoms. The summed E-state index contributed by atoms with van der Waals surface area (Å²) < 4.78 is 40.0. The first-order chi connectivity index (χ1) is 11.0. The van der Waals surface area contributed by atoms with Crippen molar-refractivity contribution in [2.45, 2.75) is 57.0 Å². The molecule has 0 radical (unpaired) electrons. The van der Waals surface area contributed by atoms with Crippen molar-refractivity contribution in [3.05, 3.63) is 16.1 Å². The molecule has 1 heterocycles. The van der Waals surface area contributed by atoms with Crippen LogP contribution in [0.15, 0.2) is 5.38 Å². The van der Waals surface area contributed by atoms with E-state index in [1.165, 1.54) is 12.3 Å². The van der Waals surface area contributed by atoms with Gasteiger partial charge in [-0.05, 0) is 33.7 Å². The van der Waals surface area contributed by atoms with E-state index in [1.807, 2.05) is 14.0 Å². The quantitative estimate of drug-likeness (QED) is 0.777. The molecule has 136 valence electrons. The molecule has 1 aliphatic rings. The summed E-state index contributed by atoms with van der Waals surface area (Å²) in [6, 6.07) is 0.504. The molecule has 1 aromatic heterocycles. The zero-order valence-corrected chi connectivity index (χ0v) is 14.7. The van der Waals surface area contributed by atoms with Gasteiger partial charge in [0.25, 0.3) is 0 Å². The van der Waals surface area contributed by atoms with Gasteiger partial charge in [-0.3, -0.25) is 9.69 Å². The number of carbonyl (C=O) groups is 1. The van der Waals surface area contributed by atoms with Gasteiger partial charge in [-0.25, -0.2) is 4.98 Å². The lowest BCUT2D eigenvalue weighted by Gasteiger charge is -2.29. The maximum Gasteiger partial charge on any atom is 0.424 e. The summed E-state index contributed by atoms with van der Waals surface area (Å²) in [6.45, 7) is 3.67. The summed E-state index contributed by atoms with van der Waals surface area (Å²) in [7, 11) is 1.93. The maximum atomic E-state index is 13.3. The molecule has 0 saturated heterocycles. The monoisotopic (exact) mass is 365 g/mol. The molecular weight excluding hydrogens is 343 g/mol. The number of hydrogen-bond acceptors (Lipinski definition) is 5. The lowest BCUT2D eigenvalue weighted by atomic mass is 9.99. The molecule has 0 bridgehead atoms. The fourth-order valence-corrected chi connectivity index (χ4v) is 3.30. The Labute approximate surface area is 142 Å². The second-order valence-corrected chi connectivity index (χ2v) is 7.24. The van der Waals surface area contributed by atoms with Crippen LogP contribution in [0, 0.1) is 6.92 Å². The average molecular weight is 365 g/mol. The van der Waals surface area contributed by atoms with E-state index in [0.717, 1.165) is 12.8 Å². The van der Waals surface area contributed by atoms with E-state index < -0.39 is 29.1 Å². The third kappa shape index (κ3) is 4.25. The van der Waals surface area contributed by atoms with E-state index in [0.29, 0.717) is 23.1 Å². The lowest BCUT2D eigenvalue weighted by Crippen LogP contribution is -2.48. The van der Waals surface area contributed by atoms with Crippen molar-refractivity contribution in [2.24, 2.45) is 0 Å². The maximum absolute atomic E-state index is 13.3. The SMILES string of the molecule is Cc1csc(C(O)(CC(=O)NCC(C)N(C)C2CC2)C(F)(F)F)n1. The summed E-state index contributed by atoms with van der Waals surface area (Å²) in [5.74, 6) is -0.848. The molecule has 0 spiro atoms. The number of hydrogen-bond donors (Lipinski definition) is 2. The Balaban J connectivity index is 2.00. The Morgan fingerprint density at radius 1 is 1.54 bits per heavy atom. The highest BCUT2D eigenvalue weighted by atomic mass is 32.1. The predicted octanol–water partition coefficient (Wildman–Crippen LogP) is 2.19. The van der Waals surface area contributed by atoms with Crippen LogP contribution in [0.1, 0.15) is 36.9 Å². The van der Waals surface area contributed by atoms with Crippen LogP contribution in [-0.4, -0.2) is 52.8 Å². The highest BCUT2D eigenvalue weighted by molar-refractivity contribution is 7.09. The second-order valence-electron chi connectivity index (χ2n) is 6.38. The van der Waals surface area contributed by atoms with Crippen LogP contribution in [0.5, 0.6) is 0 Å². The Kier molecular flexibility index (Phi) is 5.56. The molecule has 24 heavy (non-hydrogen) atoms. The van der Waals surface area contributed by atoms with Gasteiger partial charge >= 0.3 is 6.18 Å². The van der Waals surface area contributed by atoms with Gasteiger partial charge in [0.1, 0.15) is 5.01 Å². The van der Waals surface area contributed by atoms with Gasteiger partial charge in [0.05, 0.1) is 6.42 Å². The summed E-state index contributed by atoms with van der Waals surface area (Å²) in [6.07, 6.45) is -3.87. The largest absolute Gasteiger partial charge is 0.424 e. The number of rotatable bonds is 7. The van der Waals surface area contributed by atoms with Crippen LogP contribution in [-0.2, 0) is 10.4 Å². The number of thiazole rings is 1. The van der Waals surface area contributed by atoms with Crippen LogP contribution in [0.2, 0.25) is 0 Å².